The van der Waals surface area contributed by atoms with Crippen LogP contribution in [0.5, 0.6) is 0 Å². The molecule has 3 heteroatoms. The van der Waals surface area contributed by atoms with E-state index in [1.54, 1.807) is 6.92 Å². The Balaban J connectivity index is 3.68. The van der Waals surface area contributed by atoms with Gasteiger partial charge in [-0.25, -0.2) is 0 Å². The molecule has 0 rings (SSSR count). The van der Waals surface area contributed by atoms with Gasteiger partial charge in [-0.15, -0.1) is 0 Å². The Morgan fingerprint density at radius 3 is 2.38 bits per heavy atom. The number of hydrogen-bond donors (Lipinski definition) is 1. The largest absolute Gasteiger partial charge is 0.359 e. The molecule has 0 saturated heterocycles. The second-order valence-corrected chi connectivity index (χ2v) is 3.62. The van der Waals surface area contributed by atoms with Crippen molar-refractivity contribution in [2.75, 3.05) is 6.61 Å². The zero-order valence-corrected chi connectivity index (χ0v) is 8.89. The third-order valence-corrected chi connectivity index (χ3v) is 1.40. The summed E-state index contributed by atoms with van der Waals surface area (Å²) in [6.45, 7) is 11.8. The molecule has 1 unspecified atom stereocenters. The Morgan fingerprint density at radius 1 is 1.46 bits per heavy atom. The highest BCUT2D eigenvalue weighted by Crippen LogP contribution is 1.96. The molecule has 0 saturated carbocycles. The lowest BCUT2D eigenvalue weighted by molar-refractivity contribution is -0.121. The molecule has 0 aromatic heterocycles. The zero-order valence-electron chi connectivity index (χ0n) is 8.89. The number of carbonyl (C=O) groups is 1. The standard InChI is InChI=1S/C10H19NO2/c1-7(2)6-13-9(5)11-10(12)8(3)4/h7,9H,3,6H2,1-2,4-5H3,(H,11,12). The Kier molecular flexibility index (Phi) is 5.39. The minimum Gasteiger partial charge on any atom is -0.359 e. The first kappa shape index (κ1) is 12.2. The van der Waals surface area contributed by atoms with Crippen LogP contribution in [-0.4, -0.2) is 18.7 Å². The van der Waals surface area contributed by atoms with Gasteiger partial charge >= 0.3 is 0 Å². The van der Waals surface area contributed by atoms with Crippen LogP contribution in [0.1, 0.15) is 27.7 Å². The molecular weight excluding hydrogens is 166 g/mol. The normalized spacial score (nSPS) is 12.7. The predicted octanol–water partition coefficient (Wildman–Crippen LogP) is 1.70. The summed E-state index contributed by atoms with van der Waals surface area (Å²) in [5.74, 6) is 0.320. The summed E-state index contributed by atoms with van der Waals surface area (Å²) in [6, 6.07) is 0. The van der Waals surface area contributed by atoms with Crippen molar-refractivity contribution in [3.8, 4) is 0 Å². The molecule has 0 heterocycles. The average Bonchev–Trinajstić information content (AvgIpc) is 2.00. The van der Waals surface area contributed by atoms with Crippen LogP contribution in [-0.2, 0) is 9.53 Å². The number of hydrogen-bond acceptors (Lipinski definition) is 2. The summed E-state index contributed by atoms with van der Waals surface area (Å²) in [4.78, 5) is 11.1. The van der Waals surface area contributed by atoms with Gasteiger partial charge in [0.05, 0.1) is 6.61 Å². The molecule has 0 aliphatic rings. The fourth-order valence-corrected chi connectivity index (χ4v) is 0.686. The van der Waals surface area contributed by atoms with Gasteiger partial charge in [-0.3, -0.25) is 4.79 Å². The molecule has 0 bridgehead atoms. The number of ether oxygens (including phenoxy) is 1. The van der Waals surface area contributed by atoms with E-state index in [1.807, 2.05) is 6.92 Å². The molecule has 13 heavy (non-hydrogen) atoms. The Labute approximate surface area is 80.2 Å². The molecule has 1 amide bonds. The Morgan fingerprint density at radius 2 is 2.00 bits per heavy atom. The quantitative estimate of drug-likeness (QED) is 0.523. The summed E-state index contributed by atoms with van der Waals surface area (Å²) < 4.78 is 5.35. The third-order valence-electron chi connectivity index (χ3n) is 1.40. The van der Waals surface area contributed by atoms with Gasteiger partial charge in [-0.05, 0) is 19.8 Å². The van der Waals surface area contributed by atoms with E-state index in [0.717, 1.165) is 0 Å². The van der Waals surface area contributed by atoms with Crippen LogP contribution in [0.25, 0.3) is 0 Å². The predicted molar refractivity (Wildman–Crippen MR) is 53.2 cm³/mol. The van der Waals surface area contributed by atoms with Gasteiger partial charge in [0.1, 0.15) is 6.23 Å². The van der Waals surface area contributed by atoms with E-state index >= 15 is 0 Å². The van der Waals surface area contributed by atoms with Crippen LogP contribution in [0.2, 0.25) is 0 Å². The van der Waals surface area contributed by atoms with Gasteiger partial charge in [0.2, 0.25) is 5.91 Å². The second-order valence-electron chi connectivity index (χ2n) is 3.62. The highest BCUT2D eigenvalue weighted by atomic mass is 16.5. The molecule has 1 atom stereocenters. The molecule has 1 N–H and O–H groups in total. The number of rotatable bonds is 5. The minimum absolute atomic E-state index is 0.156. The lowest BCUT2D eigenvalue weighted by Gasteiger charge is -2.16. The monoisotopic (exact) mass is 185 g/mol. The molecule has 76 valence electrons. The first-order valence-corrected chi connectivity index (χ1v) is 4.51. The highest BCUT2D eigenvalue weighted by molar-refractivity contribution is 5.92. The highest BCUT2D eigenvalue weighted by Gasteiger charge is 2.07. The molecule has 0 aromatic rings. The maximum Gasteiger partial charge on any atom is 0.248 e. The van der Waals surface area contributed by atoms with Crippen molar-refractivity contribution >= 4 is 5.91 Å². The van der Waals surface area contributed by atoms with Gasteiger partial charge in [-0.1, -0.05) is 20.4 Å². The lowest BCUT2D eigenvalue weighted by Crippen LogP contribution is -2.35. The zero-order chi connectivity index (χ0) is 10.4. The maximum atomic E-state index is 11.1. The molecule has 0 fully saturated rings. The van der Waals surface area contributed by atoms with Gasteiger partial charge in [0, 0.05) is 5.57 Å². The number of nitrogens with one attached hydrogen (secondary N) is 1. The molecule has 0 aliphatic carbocycles. The smallest absolute Gasteiger partial charge is 0.248 e. The minimum atomic E-state index is -0.244. The summed E-state index contributed by atoms with van der Waals surface area (Å²) in [6.07, 6.45) is -0.244. The van der Waals surface area contributed by atoms with Gasteiger partial charge < -0.3 is 10.1 Å². The molecule has 0 radical (unpaired) electrons. The van der Waals surface area contributed by atoms with E-state index in [1.165, 1.54) is 0 Å². The molecule has 0 aliphatic heterocycles. The van der Waals surface area contributed by atoms with Crippen molar-refractivity contribution in [1.29, 1.82) is 0 Å². The van der Waals surface area contributed by atoms with Crippen LogP contribution >= 0.6 is 0 Å². The molecular formula is C10H19NO2. The first-order valence-electron chi connectivity index (χ1n) is 4.51. The van der Waals surface area contributed by atoms with Crippen LogP contribution in [0, 0.1) is 5.92 Å². The Bertz CT molecular complexity index is 187. The maximum absolute atomic E-state index is 11.1. The topological polar surface area (TPSA) is 38.3 Å². The molecule has 0 spiro atoms. The Hall–Kier alpha value is -0.830. The second kappa shape index (κ2) is 5.75. The van der Waals surface area contributed by atoms with Crippen LogP contribution in [0.3, 0.4) is 0 Å². The SMILES string of the molecule is C=C(C)C(=O)NC(C)OCC(C)C. The molecule has 3 nitrogen and oxygen atoms in total. The van der Waals surface area contributed by atoms with Crippen LogP contribution in [0.15, 0.2) is 12.2 Å². The fourth-order valence-electron chi connectivity index (χ4n) is 0.686. The van der Waals surface area contributed by atoms with E-state index in [2.05, 4.69) is 25.7 Å². The van der Waals surface area contributed by atoms with Gasteiger partial charge in [0.25, 0.3) is 0 Å². The first-order chi connectivity index (χ1) is 5.93. The van der Waals surface area contributed by atoms with E-state index in [0.29, 0.717) is 18.1 Å². The summed E-state index contributed by atoms with van der Waals surface area (Å²) in [7, 11) is 0. The fraction of sp³-hybridized carbons (Fsp3) is 0.700. The lowest BCUT2D eigenvalue weighted by atomic mass is 10.2. The van der Waals surface area contributed by atoms with Gasteiger partial charge in [0.15, 0.2) is 0 Å². The van der Waals surface area contributed by atoms with E-state index in [4.69, 9.17) is 4.74 Å². The molecule has 0 aromatic carbocycles. The summed E-state index contributed by atoms with van der Waals surface area (Å²) in [5, 5.41) is 2.67. The van der Waals surface area contributed by atoms with Crippen LogP contribution < -0.4 is 5.32 Å². The van der Waals surface area contributed by atoms with Gasteiger partial charge in [-0.2, -0.15) is 0 Å². The van der Waals surface area contributed by atoms with Crippen molar-refractivity contribution < 1.29 is 9.53 Å². The van der Waals surface area contributed by atoms with E-state index in [-0.39, 0.29) is 12.1 Å². The van der Waals surface area contributed by atoms with Crippen molar-refractivity contribution in [3.63, 3.8) is 0 Å². The number of carbonyl (C=O) groups excluding carboxylic acids is 1. The summed E-state index contributed by atoms with van der Waals surface area (Å²) >= 11 is 0. The summed E-state index contributed by atoms with van der Waals surface area (Å²) in [5.41, 5.74) is 0.500. The van der Waals surface area contributed by atoms with Crippen molar-refractivity contribution in [1.82, 2.24) is 5.32 Å². The van der Waals surface area contributed by atoms with Crippen molar-refractivity contribution in [2.45, 2.75) is 33.9 Å². The van der Waals surface area contributed by atoms with Crippen LogP contribution in [0.4, 0.5) is 0 Å². The average molecular weight is 185 g/mol. The number of amides is 1. The van der Waals surface area contributed by atoms with E-state index in [9.17, 15) is 4.79 Å². The van der Waals surface area contributed by atoms with Crippen molar-refractivity contribution in [2.24, 2.45) is 5.92 Å². The third kappa shape index (κ3) is 6.34. The van der Waals surface area contributed by atoms with Crippen molar-refractivity contribution in [3.05, 3.63) is 12.2 Å². The van der Waals surface area contributed by atoms with E-state index < -0.39 is 0 Å².